The Morgan fingerprint density at radius 3 is 2.55 bits per heavy atom. The van der Waals surface area contributed by atoms with Gasteiger partial charge in [0.2, 0.25) is 0 Å². The molecule has 116 valence electrons. The van der Waals surface area contributed by atoms with Crippen molar-refractivity contribution >= 4 is 17.5 Å². The lowest BCUT2D eigenvalue weighted by atomic mass is 10.2. The largest absolute Gasteiger partial charge is 0.495 e. The summed E-state index contributed by atoms with van der Waals surface area (Å²) in [5.74, 6) is 0.526. The maximum absolute atomic E-state index is 11.9. The number of hydrogen-bond acceptors (Lipinski definition) is 5. The lowest BCUT2D eigenvalue weighted by molar-refractivity contribution is 0.155. The van der Waals surface area contributed by atoms with Crippen molar-refractivity contribution in [3.05, 3.63) is 54.1 Å². The molecule has 0 atom stereocenters. The molecule has 2 aromatic carbocycles. The second-order valence-electron chi connectivity index (χ2n) is 4.41. The summed E-state index contributed by atoms with van der Waals surface area (Å²) in [5.41, 5.74) is 4.77. The minimum atomic E-state index is -0.559. The lowest BCUT2D eigenvalue weighted by Gasteiger charge is -2.12. The Morgan fingerprint density at radius 1 is 1.09 bits per heavy atom. The average molecular weight is 302 g/mol. The van der Waals surface area contributed by atoms with Crippen molar-refractivity contribution in [2.75, 3.05) is 25.0 Å². The summed E-state index contributed by atoms with van der Waals surface area (Å²) in [4.78, 5) is 16.7. The van der Waals surface area contributed by atoms with Crippen molar-refractivity contribution in [1.29, 1.82) is 0 Å². The maximum Gasteiger partial charge on any atom is 0.412 e. The number of anilines is 2. The second-order valence-corrected chi connectivity index (χ2v) is 4.41. The molecule has 22 heavy (non-hydrogen) atoms. The zero-order valence-corrected chi connectivity index (χ0v) is 12.5. The van der Waals surface area contributed by atoms with E-state index in [1.807, 2.05) is 30.3 Å². The summed E-state index contributed by atoms with van der Waals surface area (Å²) in [5, 5.41) is 2.65. The maximum atomic E-state index is 11.9. The van der Waals surface area contributed by atoms with Gasteiger partial charge in [0.25, 0.3) is 0 Å². The first kappa shape index (κ1) is 15.7. The summed E-state index contributed by atoms with van der Waals surface area (Å²) in [7, 11) is 3.03. The molecule has 6 nitrogen and oxygen atoms in total. The molecular weight excluding hydrogens is 284 g/mol. The minimum absolute atomic E-state index is 0.199. The first-order chi connectivity index (χ1) is 10.7. The Balaban J connectivity index is 1.99. The smallest absolute Gasteiger partial charge is 0.412 e. The van der Waals surface area contributed by atoms with Crippen LogP contribution in [0.25, 0.3) is 0 Å². The Labute approximate surface area is 129 Å². The fourth-order valence-electron chi connectivity index (χ4n) is 1.86. The summed E-state index contributed by atoms with van der Waals surface area (Å²) >= 11 is 0. The van der Waals surface area contributed by atoms with Crippen LogP contribution in [0.3, 0.4) is 0 Å². The summed E-state index contributed by atoms with van der Waals surface area (Å²) < 4.78 is 10.4. The first-order valence-corrected chi connectivity index (χ1v) is 6.67. The molecule has 0 aliphatic rings. The van der Waals surface area contributed by atoms with Gasteiger partial charge >= 0.3 is 6.09 Å². The number of ether oxygens (including phenoxy) is 2. The molecule has 6 heteroatoms. The van der Waals surface area contributed by atoms with Crippen molar-refractivity contribution in [2.24, 2.45) is 0 Å². The molecule has 1 amide bonds. The van der Waals surface area contributed by atoms with Crippen LogP contribution in [-0.4, -0.2) is 20.3 Å². The van der Waals surface area contributed by atoms with Gasteiger partial charge in [0.05, 0.1) is 25.6 Å². The van der Waals surface area contributed by atoms with Crippen molar-refractivity contribution < 1.29 is 19.1 Å². The lowest BCUT2D eigenvalue weighted by Crippen LogP contribution is -2.14. The SMILES string of the molecule is CONc1ccc(OC)c(NC(=O)OCc2ccccc2)c1. The van der Waals surface area contributed by atoms with E-state index in [0.29, 0.717) is 17.1 Å². The van der Waals surface area contributed by atoms with Crippen LogP contribution in [-0.2, 0) is 16.2 Å². The minimum Gasteiger partial charge on any atom is -0.495 e. The highest BCUT2D eigenvalue weighted by molar-refractivity contribution is 5.87. The van der Waals surface area contributed by atoms with E-state index in [1.54, 1.807) is 18.2 Å². The van der Waals surface area contributed by atoms with Gasteiger partial charge in [0.1, 0.15) is 12.4 Å². The Hall–Kier alpha value is -2.73. The van der Waals surface area contributed by atoms with E-state index in [2.05, 4.69) is 10.8 Å². The first-order valence-electron chi connectivity index (χ1n) is 6.67. The quantitative estimate of drug-likeness (QED) is 0.800. The molecule has 2 rings (SSSR count). The normalized spacial score (nSPS) is 9.91. The zero-order valence-electron chi connectivity index (χ0n) is 12.5. The third kappa shape index (κ3) is 4.39. The highest BCUT2D eigenvalue weighted by Crippen LogP contribution is 2.28. The number of hydrogen-bond donors (Lipinski definition) is 2. The summed E-state index contributed by atoms with van der Waals surface area (Å²) in [6.45, 7) is 0.199. The molecular formula is C16H18N2O4. The fourth-order valence-corrected chi connectivity index (χ4v) is 1.86. The molecule has 0 unspecified atom stereocenters. The molecule has 0 bridgehead atoms. The van der Waals surface area contributed by atoms with E-state index in [-0.39, 0.29) is 6.61 Å². The number of carbonyl (C=O) groups excluding carboxylic acids is 1. The molecule has 0 spiro atoms. The zero-order chi connectivity index (χ0) is 15.8. The van der Waals surface area contributed by atoms with E-state index in [1.165, 1.54) is 14.2 Å². The number of carbonyl (C=O) groups is 1. The molecule has 0 saturated carbocycles. The van der Waals surface area contributed by atoms with Crippen LogP contribution in [0, 0.1) is 0 Å². The summed E-state index contributed by atoms with van der Waals surface area (Å²) in [6.07, 6.45) is -0.559. The van der Waals surface area contributed by atoms with E-state index in [0.717, 1.165) is 5.56 Å². The molecule has 0 aliphatic heterocycles. The Bertz CT molecular complexity index is 617. The highest BCUT2D eigenvalue weighted by Gasteiger charge is 2.10. The standard InChI is InChI=1S/C16H18N2O4/c1-20-15-9-8-13(18-21-2)10-14(15)17-16(19)22-11-12-6-4-3-5-7-12/h3-10,18H,11H2,1-2H3,(H,17,19). The van der Waals surface area contributed by atoms with Gasteiger partial charge in [-0.1, -0.05) is 30.3 Å². The molecule has 0 saturated heterocycles. The monoisotopic (exact) mass is 302 g/mol. The number of rotatable bonds is 6. The van der Waals surface area contributed by atoms with E-state index >= 15 is 0 Å². The van der Waals surface area contributed by atoms with Crippen LogP contribution < -0.4 is 15.5 Å². The van der Waals surface area contributed by atoms with Crippen LogP contribution in [0.1, 0.15) is 5.56 Å². The molecule has 0 aromatic heterocycles. The van der Waals surface area contributed by atoms with Gasteiger partial charge in [-0.05, 0) is 23.8 Å². The summed E-state index contributed by atoms with van der Waals surface area (Å²) in [6, 6.07) is 14.6. The molecule has 2 aromatic rings. The fraction of sp³-hybridized carbons (Fsp3) is 0.188. The Kier molecular flexibility index (Phi) is 5.62. The highest BCUT2D eigenvalue weighted by atomic mass is 16.6. The third-order valence-corrected chi connectivity index (χ3v) is 2.87. The van der Waals surface area contributed by atoms with Crippen LogP contribution >= 0.6 is 0 Å². The Morgan fingerprint density at radius 2 is 1.86 bits per heavy atom. The van der Waals surface area contributed by atoms with Gasteiger partial charge in [-0.2, -0.15) is 0 Å². The molecule has 0 heterocycles. The van der Waals surface area contributed by atoms with Gasteiger partial charge in [-0.3, -0.25) is 15.6 Å². The van der Waals surface area contributed by atoms with Gasteiger partial charge in [0.15, 0.2) is 0 Å². The molecule has 0 radical (unpaired) electrons. The number of benzene rings is 2. The van der Waals surface area contributed by atoms with Crippen molar-refractivity contribution in [1.82, 2.24) is 0 Å². The van der Waals surface area contributed by atoms with Crippen molar-refractivity contribution in [2.45, 2.75) is 6.61 Å². The second kappa shape index (κ2) is 7.90. The van der Waals surface area contributed by atoms with Crippen LogP contribution in [0.5, 0.6) is 5.75 Å². The van der Waals surface area contributed by atoms with Crippen LogP contribution in [0.15, 0.2) is 48.5 Å². The molecule has 2 N–H and O–H groups in total. The molecule has 0 aliphatic carbocycles. The third-order valence-electron chi connectivity index (χ3n) is 2.87. The van der Waals surface area contributed by atoms with Gasteiger partial charge < -0.3 is 9.47 Å². The van der Waals surface area contributed by atoms with Gasteiger partial charge in [-0.15, -0.1) is 0 Å². The van der Waals surface area contributed by atoms with E-state index < -0.39 is 6.09 Å². The van der Waals surface area contributed by atoms with Crippen LogP contribution in [0.2, 0.25) is 0 Å². The number of methoxy groups -OCH3 is 1. The number of amides is 1. The van der Waals surface area contributed by atoms with Crippen molar-refractivity contribution in [3.63, 3.8) is 0 Å². The van der Waals surface area contributed by atoms with Gasteiger partial charge in [0, 0.05) is 0 Å². The van der Waals surface area contributed by atoms with Gasteiger partial charge in [-0.25, -0.2) is 4.79 Å². The molecule has 0 fully saturated rings. The van der Waals surface area contributed by atoms with E-state index in [4.69, 9.17) is 14.3 Å². The average Bonchev–Trinajstić information content (AvgIpc) is 2.54. The number of nitrogens with one attached hydrogen (secondary N) is 2. The van der Waals surface area contributed by atoms with Crippen LogP contribution in [0.4, 0.5) is 16.2 Å². The predicted octanol–water partition coefficient (Wildman–Crippen LogP) is 3.42. The predicted molar refractivity (Wildman–Crippen MR) is 83.9 cm³/mol. The topological polar surface area (TPSA) is 68.8 Å². The van der Waals surface area contributed by atoms with E-state index in [9.17, 15) is 4.79 Å². The van der Waals surface area contributed by atoms with Crippen molar-refractivity contribution in [3.8, 4) is 5.75 Å².